The summed E-state index contributed by atoms with van der Waals surface area (Å²) in [5, 5.41) is 8.26. The Hall–Kier alpha value is -0.830. The number of aromatic nitrogens is 2. The monoisotopic (exact) mass is 225 g/mol. The van der Waals surface area contributed by atoms with Gasteiger partial charge in [0.05, 0.1) is 11.6 Å². The largest absolute Gasteiger partial charge is 0.355 e. The van der Waals surface area contributed by atoms with Crippen LogP contribution in [0.1, 0.15) is 19.5 Å². The number of hydrogen-bond donors (Lipinski definition) is 0. The van der Waals surface area contributed by atoms with E-state index in [1.54, 1.807) is 0 Å². The van der Waals surface area contributed by atoms with Crippen molar-refractivity contribution in [1.29, 1.82) is 0 Å². The van der Waals surface area contributed by atoms with Crippen LogP contribution >= 0.6 is 11.6 Å². The van der Waals surface area contributed by atoms with Crippen molar-refractivity contribution >= 4 is 17.4 Å². The number of rotatable bonds is 2. The zero-order valence-corrected chi connectivity index (χ0v) is 9.91. The smallest absolute Gasteiger partial charge is 0.151 e. The first kappa shape index (κ1) is 10.7. The van der Waals surface area contributed by atoms with E-state index >= 15 is 0 Å². The van der Waals surface area contributed by atoms with Gasteiger partial charge in [-0.05, 0) is 24.0 Å². The van der Waals surface area contributed by atoms with Gasteiger partial charge in [-0.3, -0.25) is 0 Å². The molecule has 1 fully saturated rings. The van der Waals surface area contributed by atoms with Crippen LogP contribution in [0.2, 0.25) is 0 Å². The predicted octanol–water partition coefficient (Wildman–Crippen LogP) is 2.31. The third-order valence-electron chi connectivity index (χ3n) is 3.15. The third kappa shape index (κ3) is 2.23. The minimum atomic E-state index is 0.431. The van der Waals surface area contributed by atoms with Gasteiger partial charge < -0.3 is 4.90 Å². The normalized spacial score (nSPS) is 25.9. The van der Waals surface area contributed by atoms with Crippen molar-refractivity contribution in [2.45, 2.75) is 19.7 Å². The van der Waals surface area contributed by atoms with Crippen molar-refractivity contribution in [2.24, 2.45) is 11.8 Å². The molecule has 3 nitrogen and oxygen atoms in total. The highest BCUT2D eigenvalue weighted by atomic mass is 35.5. The molecular weight excluding hydrogens is 210 g/mol. The molecule has 2 atom stereocenters. The van der Waals surface area contributed by atoms with Crippen LogP contribution in [0.25, 0.3) is 0 Å². The summed E-state index contributed by atoms with van der Waals surface area (Å²) in [5.41, 5.74) is 0.834. The molecule has 82 valence electrons. The van der Waals surface area contributed by atoms with E-state index in [1.807, 2.05) is 12.1 Å². The van der Waals surface area contributed by atoms with E-state index in [4.69, 9.17) is 11.6 Å². The number of alkyl halides is 1. The van der Waals surface area contributed by atoms with Crippen molar-refractivity contribution < 1.29 is 0 Å². The first-order valence-corrected chi connectivity index (χ1v) is 5.87. The van der Waals surface area contributed by atoms with Gasteiger partial charge in [-0.1, -0.05) is 13.8 Å². The molecule has 0 aromatic carbocycles. The first-order chi connectivity index (χ1) is 7.20. The molecule has 0 aliphatic carbocycles. The first-order valence-electron chi connectivity index (χ1n) is 5.34. The average Bonchev–Trinajstić information content (AvgIpc) is 2.59. The molecule has 4 heteroatoms. The molecule has 0 bridgehead atoms. The summed E-state index contributed by atoms with van der Waals surface area (Å²) in [6.45, 7) is 6.72. The molecule has 2 rings (SSSR count). The summed E-state index contributed by atoms with van der Waals surface area (Å²) in [4.78, 5) is 2.29. The molecule has 1 saturated heterocycles. The summed E-state index contributed by atoms with van der Waals surface area (Å²) < 4.78 is 0. The summed E-state index contributed by atoms with van der Waals surface area (Å²) in [6.07, 6.45) is 0. The summed E-state index contributed by atoms with van der Waals surface area (Å²) in [7, 11) is 0. The number of anilines is 1. The van der Waals surface area contributed by atoms with Crippen molar-refractivity contribution in [3.05, 3.63) is 17.8 Å². The average molecular weight is 226 g/mol. The maximum atomic E-state index is 5.67. The molecule has 1 aromatic heterocycles. The van der Waals surface area contributed by atoms with Crippen LogP contribution in [0.5, 0.6) is 0 Å². The summed E-state index contributed by atoms with van der Waals surface area (Å²) >= 11 is 5.67. The number of hydrogen-bond acceptors (Lipinski definition) is 3. The van der Waals surface area contributed by atoms with Crippen LogP contribution in [0.15, 0.2) is 12.1 Å². The van der Waals surface area contributed by atoms with E-state index in [9.17, 15) is 0 Å². The van der Waals surface area contributed by atoms with Gasteiger partial charge in [-0.15, -0.1) is 16.7 Å². The highest BCUT2D eigenvalue weighted by Crippen LogP contribution is 2.25. The van der Waals surface area contributed by atoms with E-state index in [0.29, 0.717) is 5.88 Å². The predicted molar refractivity (Wildman–Crippen MR) is 62.1 cm³/mol. The lowest BCUT2D eigenvalue weighted by atomic mass is 10.0. The zero-order valence-electron chi connectivity index (χ0n) is 9.15. The zero-order chi connectivity index (χ0) is 10.8. The van der Waals surface area contributed by atoms with Gasteiger partial charge >= 0.3 is 0 Å². The van der Waals surface area contributed by atoms with Crippen LogP contribution < -0.4 is 4.90 Å². The van der Waals surface area contributed by atoms with Gasteiger partial charge in [-0.25, -0.2) is 0 Å². The van der Waals surface area contributed by atoms with Gasteiger partial charge in [0.2, 0.25) is 0 Å². The second kappa shape index (κ2) is 4.35. The number of halogens is 1. The molecule has 1 aliphatic rings. The Morgan fingerprint density at radius 1 is 1.27 bits per heavy atom. The molecule has 2 heterocycles. The topological polar surface area (TPSA) is 29.0 Å². The molecule has 0 N–H and O–H groups in total. The molecule has 2 unspecified atom stereocenters. The number of nitrogens with zero attached hydrogens (tertiary/aromatic N) is 3. The maximum absolute atomic E-state index is 5.67. The molecular formula is C11H16ClN3. The van der Waals surface area contributed by atoms with E-state index in [-0.39, 0.29) is 0 Å². The lowest BCUT2D eigenvalue weighted by Crippen LogP contribution is -2.21. The summed E-state index contributed by atoms with van der Waals surface area (Å²) in [5.74, 6) is 2.87. The Kier molecular flexibility index (Phi) is 3.10. The fourth-order valence-corrected chi connectivity index (χ4v) is 2.05. The van der Waals surface area contributed by atoms with Gasteiger partial charge in [0.1, 0.15) is 0 Å². The fraction of sp³-hybridized carbons (Fsp3) is 0.636. The maximum Gasteiger partial charge on any atom is 0.151 e. The van der Waals surface area contributed by atoms with Gasteiger partial charge in [0, 0.05) is 13.1 Å². The van der Waals surface area contributed by atoms with Gasteiger partial charge in [0.25, 0.3) is 0 Å². The Morgan fingerprint density at radius 3 is 2.40 bits per heavy atom. The highest BCUT2D eigenvalue weighted by molar-refractivity contribution is 6.16. The third-order valence-corrected chi connectivity index (χ3v) is 3.43. The van der Waals surface area contributed by atoms with E-state index in [1.165, 1.54) is 0 Å². The van der Waals surface area contributed by atoms with Gasteiger partial charge in [0.15, 0.2) is 5.82 Å². The second-order valence-electron chi connectivity index (χ2n) is 4.38. The standard InChI is InChI=1S/C11H16ClN3/c1-8-6-15(7-9(8)2)11-4-3-10(5-12)13-14-11/h3-4,8-9H,5-7H2,1-2H3. The molecule has 0 radical (unpaired) electrons. The van der Waals surface area contributed by atoms with E-state index < -0.39 is 0 Å². The minimum absolute atomic E-state index is 0.431. The van der Waals surface area contributed by atoms with Crippen molar-refractivity contribution in [3.63, 3.8) is 0 Å². The quantitative estimate of drug-likeness (QED) is 0.724. The Balaban J connectivity index is 2.10. The molecule has 0 spiro atoms. The SMILES string of the molecule is CC1CN(c2ccc(CCl)nn2)CC1C. The van der Waals surface area contributed by atoms with Crippen LogP contribution in [0, 0.1) is 11.8 Å². The Morgan fingerprint density at radius 2 is 1.93 bits per heavy atom. The van der Waals surface area contributed by atoms with Crippen molar-refractivity contribution in [3.8, 4) is 0 Å². The van der Waals surface area contributed by atoms with E-state index in [0.717, 1.165) is 36.4 Å². The van der Waals surface area contributed by atoms with Crippen molar-refractivity contribution in [2.75, 3.05) is 18.0 Å². The molecule has 1 aliphatic heterocycles. The molecule has 0 saturated carbocycles. The lowest BCUT2D eigenvalue weighted by molar-refractivity contribution is 0.494. The minimum Gasteiger partial charge on any atom is -0.355 e. The second-order valence-corrected chi connectivity index (χ2v) is 4.64. The van der Waals surface area contributed by atoms with Crippen LogP contribution in [-0.4, -0.2) is 23.3 Å². The molecule has 0 amide bonds. The van der Waals surface area contributed by atoms with Crippen molar-refractivity contribution in [1.82, 2.24) is 10.2 Å². The highest BCUT2D eigenvalue weighted by Gasteiger charge is 2.26. The van der Waals surface area contributed by atoms with Gasteiger partial charge in [-0.2, -0.15) is 5.10 Å². The molecule has 15 heavy (non-hydrogen) atoms. The van der Waals surface area contributed by atoms with Crippen LogP contribution in [0.4, 0.5) is 5.82 Å². The van der Waals surface area contributed by atoms with Crippen LogP contribution in [0.3, 0.4) is 0 Å². The summed E-state index contributed by atoms with van der Waals surface area (Å²) in [6, 6.07) is 3.96. The van der Waals surface area contributed by atoms with E-state index in [2.05, 4.69) is 28.9 Å². The Labute approximate surface area is 95.5 Å². The lowest BCUT2D eigenvalue weighted by Gasteiger charge is -2.15. The Bertz CT molecular complexity index is 315. The van der Waals surface area contributed by atoms with Crippen LogP contribution in [-0.2, 0) is 5.88 Å². The molecule has 1 aromatic rings. The fourth-order valence-electron chi connectivity index (χ4n) is 1.91.